The van der Waals surface area contributed by atoms with Crippen LogP contribution in [0.5, 0.6) is 0 Å². The zero-order chi connectivity index (χ0) is 17.8. The summed E-state index contributed by atoms with van der Waals surface area (Å²) in [5, 5.41) is 10.9. The zero-order valence-corrected chi connectivity index (χ0v) is 15.3. The van der Waals surface area contributed by atoms with Crippen molar-refractivity contribution in [2.75, 3.05) is 26.7 Å². The quantitative estimate of drug-likeness (QED) is 0.908. The summed E-state index contributed by atoms with van der Waals surface area (Å²) in [5.41, 5.74) is 1.96. The Hall–Kier alpha value is -2.21. The fraction of sp³-hybridized carbons (Fsp3) is 0.526. The molecule has 6 nitrogen and oxygen atoms in total. The summed E-state index contributed by atoms with van der Waals surface area (Å²) in [7, 11) is 2.17. The topological polar surface area (TPSA) is 65.1 Å². The van der Waals surface area contributed by atoms with Gasteiger partial charge in [0.2, 0.25) is 0 Å². The van der Waals surface area contributed by atoms with E-state index in [0.717, 1.165) is 38.0 Å². The van der Waals surface area contributed by atoms with Crippen molar-refractivity contribution in [1.82, 2.24) is 25.2 Å². The van der Waals surface area contributed by atoms with E-state index in [1.54, 1.807) is 0 Å². The molecule has 0 radical (unpaired) electrons. The van der Waals surface area contributed by atoms with Gasteiger partial charge in [-0.15, -0.1) is 0 Å². The summed E-state index contributed by atoms with van der Waals surface area (Å²) < 4.78 is 0. The van der Waals surface area contributed by atoms with Crippen LogP contribution < -0.4 is 0 Å². The van der Waals surface area contributed by atoms with Gasteiger partial charge in [0, 0.05) is 31.2 Å². The maximum absolute atomic E-state index is 12.9. The summed E-state index contributed by atoms with van der Waals surface area (Å²) in [6.45, 7) is 7.11. The fourth-order valence-corrected chi connectivity index (χ4v) is 3.26. The highest BCUT2D eigenvalue weighted by Crippen LogP contribution is 2.24. The van der Waals surface area contributed by atoms with Gasteiger partial charge < -0.3 is 9.80 Å². The second-order valence-electron chi connectivity index (χ2n) is 7.16. The number of piperidine rings is 1. The molecule has 2 heterocycles. The van der Waals surface area contributed by atoms with E-state index in [9.17, 15) is 4.79 Å². The van der Waals surface area contributed by atoms with Gasteiger partial charge in [0.05, 0.1) is 0 Å². The number of carbonyl (C=O) groups excluding carboxylic acids is 1. The van der Waals surface area contributed by atoms with Crippen molar-refractivity contribution < 1.29 is 4.79 Å². The van der Waals surface area contributed by atoms with E-state index in [0.29, 0.717) is 23.3 Å². The van der Waals surface area contributed by atoms with Crippen molar-refractivity contribution in [1.29, 1.82) is 0 Å². The van der Waals surface area contributed by atoms with Gasteiger partial charge in [0.15, 0.2) is 5.69 Å². The molecule has 1 saturated heterocycles. The summed E-state index contributed by atoms with van der Waals surface area (Å²) in [4.78, 5) is 17.2. The molecule has 0 bridgehead atoms. The summed E-state index contributed by atoms with van der Waals surface area (Å²) in [6, 6.07) is 10.3. The van der Waals surface area contributed by atoms with Crippen molar-refractivity contribution in [3.63, 3.8) is 0 Å². The first-order valence-electron chi connectivity index (χ1n) is 9.02. The Labute approximate surface area is 149 Å². The number of nitrogens with one attached hydrogen (secondary N) is 1. The van der Waals surface area contributed by atoms with E-state index in [1.807, 2.05) is 35.2 Å². The highest BCUT2D eigenvalue weighted by atomic mass is 16.2. The van der Waals surface area contributed by atoms with E-state index in [2.05, 4.69) is 41.2 Å². The Kier molecular flexibility index (Phi) is 5.48. The summed E-state index contributed by atoms with van der Waals surface area (Å²) in [5.74, 6) is 0.630. The van der Waals surface area contributed by atoms with Crippen molar-refractivity contribution in [3.8, 4) is 11.3 Å². The van der Waals surface area contributed by atoms with Gasteiger partial charge in [-0.3, -0.25) is 4.79 Å². The molecule has 1 aliphatic rings. The van der Waals surface area contributed by atoms with Crippen LogP contribution in [0, 0.1) is 5.92 Å². The standard InChI is InChI=1S/C19H27N5O/c1-14(2)23(3)13-15-9-11-24(12-10-15)19(25)18-17(20-22-21-18)16-7-5-4-6-8-16/h4-8,14-15H,9-13H2,1-3H3,(H,20,21,22). The number of likely N-dealkylation sites (tertiary alicyclic amines) is 1. The number of aromatic nitrogens is 3. The average Bonchev–Trinajstić information content (AvgIpc) is 3.12. The van der Waals surface area contributed by atoms with E-state index >= 15 is 0 Å². The number of rotatable bonds is 5. The maximum Gasteiger partial charge on any atom is 0.276 e. The number of amides is 1. The lowest BCUT2D eigenvalue weighted by Crippen LogP contribution is -2.42. The number of carbonyl (C=O) groups is 1. The molecule has 25 heavy (non-hydrogen) atoms. The minimum absolute atomic E-state index is 0.0248. The van der Waals surface area contributed by atoms with Crippen LogP contribution >= 0.6 is 0 Å². The third-order valence-corrected chi connectivity index (χ3v) is 5.13. The minimum atomic E-state index is -0.0248. The van der Waals surface area contributed by atoms with Gasteiger partial charge >= 0.3 is 0 Å². The third-order valence-electron chi connectivity index (χ3n) is 5.13. The van der Waals surface area contributed by atoms with E-state index in [4.69, 9.17) is 0 Å². The molecule has 1 aromatic heterocycles. The number of H-pyrrole nitrogens is 1. The van der Waals surface area contributed by atoms with Crippen molar-refractivity contribution in [2.24, 2.45) is 5.92 Å². The predicted molar refractivity (Wildman–Crippen MR) is 98.2 cm³/mol. The largest absolute Gasteiger partial charge is 0.337 e. The molecule has 0 spiro atoms. The van der Waals surface area contributed by atoms with Crippen LogP contribution in [-0.4, -0.2) is 63.8 Å². The third kappa shape index (κ3) is 4.07. The fourth-order valence-electron chi connectivity index (χ4n) is 3.26. The highest BCUT2D eigenvalue weighted by molar-refractivity contribution is 5.97. The Morgan fingerprint density at radius 1 is 1.24 bits per heavy atom. The normalized spacial score (nSPS) is 16.0. The Balaban J connectivity index is 1.63. The van der Waals surface area contributed by atoms with Crippen LogP contribution in [0.3, 0.4) is 0 Å². The molecule has 3 rings (SSSR count). The molecular formula is C19H27N5O. The Bertz CT molecular complexity index is 689. The van der Waals surface area contributed by atoms with E-state index in [-0.39, 0.29) is 5.91 Å². The lowest BCUT2D eigenvalue weighted by Gasteiger charge is -2.34. The van der Waals surface area contributed by atoms with Crippen LogP contribution in [0.4, 0.5) is 0 Å². The molecule has 1 aliphatic heterocycles. The van der Waals surface area contributed by atoms with Crippen LogP contribution in [-0.2, 0) is 0 Å². The number of benzene rings is 1. The number of nitrogens with zero attached hydrogens (tertiary/aromatic N) is 4. The Morgan fingerprint density at radius 2 is 1.92 bits per heavy atom. The molecule has 6 heteroatoms. The van der Waals surface area contributed by atoms with E-state index in [1.165, 1.54) is 0 Å². The lowest BCUT2D eigenvalue weighted by molar-refractivity contribution is 0.0661. The van der Waals surface area contributed by atoms with E-state index < -0.39 is 0 Å². The van der Waals surface area contributed by atoms with Gasteiger partial charge in [0.25, 0.3) is 5.91 Å². The first-order valence-corrected chi connectivity index (χ1v) is 9.02. The van der Waals surface area contributed by atoms with Crippen molar-refractivity contribution >= 4 is 5.91 Å². The zero-order valence-electron chi connectivity index (χ0n) is 15.3. The molecule has 0 aliphatic carbocycles. The lowest BCUT2D eigenvalue weighted by atomic mass is 9.95. The summed E-state index contributed by atoms with van der Waals surface area (Å²) >= 11 is 0. The van der Waals surface area contributed by atoms with Crippen LogP contribution in [0.15, 0.2) is 30.3 Å². The smallest absolute Gasteiger partial charge is 0.276 e. The second kappa shape index (κ2) is 7.78. The molecule has 0 atom stereocenters. The highest BCUT2D eigenvalue weighted by Gasteiger charge is 2.28. The molecule has 1 N–H and O–H groups in total. The molecule has 134 valence electrons. The SMILES string of the molecule is CC(C)N(C)CC1CCN(C(=O)c2n[nH]nc2-c2ccccc2)CC1. The van der Waals surface area contributed by atoms with Crippen LogP contribution in [0.1, 0.15) is 37.2 Å². The summed E-state index contributed by atoms with van der Waals surface area (Å²) in [6.07, 6.45) is 2.09. The number of hydrogen-bond acceptors (Lipinski definition) is 4. The second-order valence-corrected chi connectivity index (χ2v) is 7.16. The molecule has 0 saturated carbocycles. The molecule has 1 amide bonds. The van der Waals surface area contributed by atoms with Gasteiger partial charge in [-0.2, -0.15) is 15.4 Å². The maximum atomic E-state index is 12.9. The average molecular weight is 341 g/mol. The predicted octanol–water partition coefficient (Wildman–Crippen LogP) is 2.66. The van der Waals surface area contributed by atoms with Gasteiger partial charge in [-0.05, 0) is 39.7 Å². The Morgan fingerprint density at radius 3 is 2.56 bits per heavy atom. The van der Waals surface area contributed by atoms with Crippen LogP contribution in [0.25, 0.3) is 11.3 Å². The molecule has 1 aromatic carbocycles. The molecule has 2 aromatic rings. The molecule has 1 fully saturated rings. The first kappa shape index (κ1) is 17.6. The first-order chi connectivity index (χ1) is 12.1. The number of aromatic amines is 1. The number of hydrogen-bond donors (Lipinski definition) is 1. The molecular weight excluding hydrogens is 314 g/mol. The minimum Gasteiger partial charge on any atom is -0.337 e. The monoisotopic (exact) mass is 341 g/mol. The van der Waals surface area contributed by atoms with Gasteiger partial charge in [-0.1, -0.05) is 30.3 Å². The van der Waals surface area contributed by atoms with Crippen molar-refractivity contribution in [3.05, 3.63) is 36.0 Å². The molecule has 0 unspecified atom stereocenters. The van der Waals surface area contributed by atoms with Crippen LogP contribution in [0.2, 0.25) is 0 Å². The van der Waals surface area contributed by atoms with Crippen molar-refractivity contribution in [2.45, 2.75) is 32.7 Å². The van der Waals surface area contributed by atoms with Gasteiger partial charge in [0.1, 0.15) is 5.69 Å². The van der Waals surface area contributed by atoms with Gasteiger partial charge in [-0.25, -0.2) is 0 Å².